The fourth-order valence-corrected chi connectivity index (χ4v) is 2.95. The molecule has 2 amide bonds. The molecule has 26 heavy (non-hydrogen) atoms. The second-order valence-corrected chi connectivity index (χ2v) is 6.40. The predicted molar refractivity (Wildman–Crippen MR) is 98.3 cm³/mol. The van der Waals surface area contributed by atoms with E-state index in [4.69, 9.17) is 10.5 Å². The van der Waals surface area contributed by atoms with Gasteiger partial charge in [-0.2, -0.15) is 12.6 Å². The summed E-state index contributed by atoms with van der Waals surface area (Å²) in [5.74, 6) is -1.20. The van der Waals surface area contributed by atoms with Crippen LogP contribution in [-0.2, 0) is 15.3 Å². The molecule has 2 atom stereocenters. The molecule has 1 saturated heterocycles. The second kappa shape index (κ2) is 7.33. The number of hydrogen-bond acceptors (Lipinski definition) is 5. The van der Waals surface area contributed by atoms with Crippen molar-refractivity contribution in [2.75, 3.05) is 11.4 Å². The first-order valence-corrected chi connectivity index (χ1v) is 8.67. The van der Waals surface area contributed by atoms with E-state index < -0.39 is 29.8 Å². The van der Waals surface area contributed by atoms with Crippen molar-refractivity contribution in [2.24, 2.45) is 11.7 Å². The van der Waals surface area contributed by atoms with Gasteiger partial charge in [-0.15, -0.1) is 0 Å². The minimum absolute atomic E-state index is 0.140. The molecule has 1 aromatic carbocycles. The first-order valence-electron chi connectivity index (χ1n) is 8.04. The van der Waals surface area contributed by atoms with Gasteiger partial charge >= 0.3 is 6.09 Å². The monoisotopic (exact) mass is 375 g/mol. The summed E-state index contributed by atoms with van der Waals surface area (Å²) in [5, 5.41) is 0. The van der Waals surface area contributed by atoms with Crippen LogP contribution in [-0.4, -0.2) is 29.6 Å². The fourth-order valence-electron chi connectivity index (χ4n) is 2.78. The zero-order valence-electron chi connectivity index (χ0n) is 14.1. The van der Waals surface area contributed by atoms with Crippen LogP contribution in [0.3, 0.4) is 0 Å². The Balaban J connectivity index is 1.86. The molecule has 2 heterocycles. The summed E-state index contributed by atoms with van der Waals surface area (Å²) in [4.78, 5) is 28.8. The number of nitrogens with zero attached hydrogens (tertiary/aromatic N) is 2. The van der Waals surface area contributed by atoms with Crippen molar-refractivity contribution < 1.29 is 18.7 Å². The topological polar surface area (TPSA) is 85.5 Å². The molecule has 0 aliphatic carbocycles. The Hall–Kier alpha value is -2.61. The number of aromatic nitrogens is 1. The first kappa shape index (κ1) is 18.2. The van der Waals surface area contributed by atoms with E-state index in [2.05, 4.69) is 17.6 Å². The lowest BCUT2D eigenvalue weighted by Crippen LogP contribution is -2.34. The molecular formula is C18H18FN3O3S. The van der Waals surface area contributed by atoms with Gasteiger partial charge in [0.25, 0.3) is 0 Å². The fraction of sp³-hybridized carbons (Fsp3) is 0.278. The summed E-state index contributed by atoms with van der Waals surface area (Å²) in [6.45, 7) is 1.73. The highest BCUT2D eigenvalue weighted by Gasteiger charge is 2.37. The maximum Gasteiger partial charge on any atom is 0.414 e. The van der Waals surface area contributed by atoms with Gasteiger partial charge in [0.1, 0.15) is 11.9 Å². The lowest BCUT2D eigenvalue weighted by Gasteiger charge is -2.16. The second-order valence-electron chi connectivity index (χ2n) is 6.08. The molecule has 1 aromatic heterocycles. The molecule has 0 spiro atoms. The summed E-state index contributed by atoms with van der Waals surface area (Å²) >= 11 is 4.17. The molecule has 1 unspecified atom stereocenters. The van der Waals surface area contributed by atoms with Crippen molar-refractivity contribution in [3.63, 3.8) is 0 Å². The zero-order valence-corrected chi connectivity index (χ0v) is 14.9. The molecule has 2 aromatic rings. The zero-order chi connectivity index (χ0) is 18.8. The largest absolute Gasteiger partial charge is 0.443 e. The van der Waals surface area contributed by atoms with Gasteiger partial charge in [0.05, 0.1) is 23.8 Å². The van der Waals surface area contributed by atoms with E-state index in [1.807, 2.05) is 0 Å². The van der Waals surface area contributed by atoms with Gasteiger partial charge in [-0.3, -0.25) is 14.7 Å². The Bertz CT molecular complexity index is 861. The van der Waals surface area contributed by atoms with E-state index in [9.17, 15) is 14.0 Å². The quantitative estimate of drug-likeness (QED) is 0.787. The molecule has 0 radical (unpaired) electrons. The molecule has 0 saturated carbocycles. The van der Waals surface area contributed by atoms with Crippen molar-refractivity contribution in [1.29, 1.82) is 0 Å². The van der Waals surface area contributed by atoms with Crippen LogP contribution < -0.4 is 10.6 Å². The minimum Gasteiger partial charge on any atom is -0.443 e. The number of ether oxygens (including phenoxy) is 1. The number of carbonyl (C=O) groups is 2. The van der Waals surface area contributed by atoms with E-state index in [-0.39, 0.29) is 6.54 Å². The molecule has 8 heteroatoms. The van der Waals surface area contributed by atoms with Gasteiger partial charge in [-0.1, -0.05) is 0 Å². The normalized spacial score (nSPS) is 17.9. The average molecular weight is 375 g/mol. The number of carbonyl (C=O) groups excluding carboxylic acids is 2. The van der Waals surface area contributed by atoms with Gasteiger partial charge in [-0.25, -0.2) is 9.18 Å². The Morgan fingerprint density at radius 2 is 2.23 bits per heavy atom. The summed E-state index contributed by atoms with van der Waals surface area (Å²) in [6, 6.07) is 7.98. The molecule has 0 bridgehead atoms. The van der Waals surface area contributed by atoms with E-state index in [0.29, 0.717) is 22.6 Å². The maximum atomic E-state index is 14.6. The van der Waals surface area contributed by atoms with Crippen molar-refractivity contribution in [3.8, 4) is 11.1 Å². The van der Waals surface area contributed by atoms with E-state index >= 15 is 0 Å². The summed E-state index contributed by atoms with van der Waals surface area (Å²) in [7, 11) is 0. The van der Waals surface area contributed by atoms with Crippen LogP contribution in [0.25, 0.3) is 11.1 Å². The first-order chi connectivity index (χ1) is 12.4. The van der Waals surface area contributed by atoms with Crippen LogP contribution in [0.1, 0.15) is 12.6 Å². The molecule has 136 valence electrons. The number of thiol groups is 1. The Morgan fingerprint density at radius 1 is 1.46 bits per heavy atom. The molecule has 6 nitrogen and oxygen atoms in total. The van der Waals surface area contributed by atoms with Crippen LogP contribution in [0.2, 0.25) is 0 Å². The van der Waals surface area contributed by atoms with Crippen molar-refractivity contribution in [3.05, 3.63) is 48.0 Å². The molecule has 1 aliphatic rings. The Labute approximate surface area is 155 Å². The molecule has 1 aliphatic heterocycles. The van der Waals surface area contributed by atoms with E-state index in [1.54, 1.807) is 37.4 Å². The number of anilines is 1. The summed E-state index contributed by atoms with van der Waals surface area (Å²) < 4.78 is 19.8. The van der Waals surface area contributed by atoms with Crippen LogP contribution in [0.4, 0.5) is 14.9 Å². The number of amides is 2. The predicted octanol–water partition coefficient (Wildman–Crippen LogP) is 2.76. The van der Waals surface area contributed by atoms with E-state index in [1.165, 1.54) is 11.0 Å². The standard InChI is InChI=1S/C18H18FN3O3S/c1-10(17(20)23)16-8-22(18(24)25-16)13-2-3-14(15(19)7-13)11-4-5-21-12(6-11)9-26/h2-7,10,16,26H,8-9H2,1H3,(H2,20,23)/t10-,16?/m0/s1. The number of rotatable bonds is 5. The van der Waals surface area contributed by atoms with Crippen LogP contribution in [0, 0.1) is 11.7 Å². The number of benzene rings is 1. The average Bonchev–Trinajstić information content (AvgIpc) is 3.02. The number of hydrogen-bond donors (Lipinski definition) is 2. The van der Waals surface area contributed by atoms with Gasteiger partial charge in [0.15, 0.2) is 0 Å². The third-order valence-electron chi connectivity index (χ3n) is 4.40. The lowest BCUT2D eigenvalue weighted by molar-refractivity contribution is -0.123. The van der Waals surface area contributed by atoms with Crippen molar-refractivity contribution in [2.45, 2.75) is 18.8 Å². The Kier molecular flexibility index (Phi) is 5.13. The third-order valence-corrected chi connectivity index (χ3v) is 4.72. The number of halogens is 1. The number of nitrogens with two attached hydrogens (primary N) is 1. The minimum atomic E-state index is -0.652. The third kappa shape index (κ3) is 3.50. The van der Waals surface area contributed by atoms with Crippen LogP contribution in [0.5, 0.6) is 0 Å². The van der Waals surface area contributed by atoms with E-state index in [0.717, 1.165) is 5.69 Å². The maximum absolute atomic E-state index is 14.6. The lowest BCUT2D eigenvalue weighted by atomic mass is 10.0. The highest BCUT2D eigenvalue weighted by Crippen LogP contribution is 2.30. The van der Waals surface area contributed by atoms with Gasteiger partial charge < -0.3 is 10.5 Å². The van der Waals surface area contributed by atoms with Gasteiger partial charge in [0.2, 0.25) is 5.91 Å². The summed E-state index contributed by atoms with van der Waals surface area (Å²) in [5.41, 5.74) is 7.43. The van der Waals surface area contributed by atoms with Crippen molar-refractivity contribution in [1.82, 2.24) is 4.98 Å². The number of cyclic esters (lactones) is 1. The number of pyridine rings is 1. The molecular weight excluding hydrogens is 357 g/mol. The molecule has 1 fully saturated rings. The van der Waals surface area contributed by atoms with Crippen LogP contribution in [0.15, 0.2) is 36.5 Å². The Morgan fingerprint density at radius 3 is 2.88 bits per heavy atom. The summed E-state index contributed by atoms with van der Waals surface area (Å²) in [6.07, 6.45) is 0.319. The number of primary amides is 1. The molecule has 2 N–H and O–H groups in total. The smallest absolute Gasteiger partial charge is 0.414 e. The highest BCUT2D eigenvalue weighted by atomic mass is 32.1. The van der Waals surface area contributed by atoms with Crippen molar-refractivity contribution >= 4 is 30.3 Å². The SMILES string of the molecule is C[C@H](C(N)=O)C1CN(c2ccc(-c3ccnc(CS)c3)c(F)c2)C(=O)O1. The van der Waals surface area contributed by atoms with Gasteiger partial charge in [-0.05, 0) is 42.8 Å². The van der Waals surface area contributed by atoms with Crippen LogP contribution >= 0.6 is 12.6 Å². The van der Waals surface area contributed by atoms with Gasteiger partial charge in [0, 0.05) is 17.5 Å². The highest BCUT2D eigenvalue weighted by molar-refractivity contribution is 7.79. The molecule has 3 rings (SSSR count).